The van der Waals surface area contributed by atoms with E-state index in [0.717, 1.165) is 32.0 Å². The molecule has 2 heterocycles. The molecule has 120 valence electrons. The van der Waals surface area contributed by atoms with Crippen molar-refractivity contribution in [3.63, 3.8) is 0 Å². The van der Waals surface area contributed by atoms with Crippen LogP contribution >= 0.6 is 24.8 Å². The molecule has 2 N–H and O–H groups in total. The summed E-state index contributed by atoms with van der Waals surface area (Å²) in [6, 6.07) is 0.0547. The lowest BCUT2D eigenvalue weighted by atomic mass is 10.0. The van der Waals surface area contributed by atoms with E-state index in [-0.39, 0.29) is 36.8 Å². The predicted molar refractivity (Wildman–Crippen MR) is 88.0 cm³/mol. The highest BCUT2D eigenvalue weighted by Crippen LogP contribution is 2.14. The Morgan fingerprint density at radius 2 is 2.05 bits per heavy atom. The van der Waals surface area contributed by atoms with Crippen molar-refractivity contribution in [2.45, 2.75) is 45.1 Å². The molecule has 2 aliphatic heterocycles. The smallest absolute Gasteiger partial charge is 0.237 e. The monoisotopic (exact) mass is 325 g/mol. The minimum atomic E-state index is 0. The number of hydrogen-bond acceptors (Lipinski definition) is 3. The second-order valence-electron chi connectivity index (χ2n) is 5.84. The number of carbonyl (C=O) groups excluding carboxylic acids is 1. The Bertz CT molecular complexity index is 273. The average Bonchev–Trinajstić information content (AvgIpc) is 2.40. The molecule has 2 fully saturated rings. The van der Waals surface area contributed by atoms with Gasteiger partial charge in [-0.3, -0.25) is 4.79 Å². The van der Waals surface area contributed by atoms with Crippen LogP contribution in [0.2, 0.25) is 0 Å². The molecule has 0 saturated carbocycles. The summed E-state index contributed by atoms with van der Waals surface area (Å²) in [6.45, 7) is 7.49. The van der Waals surface area contributed by atoms with Crippen LogP contribution in [0.3, 0.4) is 0 Å². The van der Waals surface area contributed by atoms with Crippen LogP contribution in [0.25, 0.3) is 0 Å². The first-order valence-electron chi connectivity index (χ1n) is 7.49. The van der Waals surface area contributed by atoms with Crippen molar-refractivity contribution in [2.24, 2.45) is 5.92 Å². The summed E-state index contributed by atoms with van der Waals surface area (Å²) in [5.41, 5.74) is 0. The van der Waals surface area contributed by atoms with Crippen molar-refractivity contribution in [2.75, 3.05) is 32.7 Å². The molecule has 0 bridgehead atoms. The molecule has 1 amide bonds. The summed E-state index contributed by atoms with van der Waals surface area (Å²) in [6.07, 6.45) is 6.03. The molecule has 0 spiro atoms. The van der Waals surface area contributed by atoms with Gasteiger partial charge in [0.25, 0.3) is 0 Å². The molecule has 1 unspecified atom stereocenters. The first-order chi connectivity index (χ1) is 8.75. The number of likely N-dealkylation sites (tertiary alicyclic amines) is 1. The van der Waals surface area contributed by atoms with E-state index in [2.05, 4.69) is 22.5 Å². The highest BCUT2D eigenvalue weighted by atomic mass is 35.5. The Labute approximate surface area is 135 Å². The van der Waals surface area contributed by atoms with Crippen molar-refractivity contribution in [1.29, 1.82) is 0 Å². The number of rotatable bonds is 4. The fraction of sp³-hybridized carbons (Fsp3) is 0.929. The van der Waals surface area contributed by atoms with Crippen LogP contribution in [-0.4, -0.2) is 49.6 Å². The highest BCUT2D eigenvalue weighted by Gasteiger charge is 2.20. The molecule has 2 aliphatic rings. The van der Waals surface area contributed by atoms with Gasteiger partial charge in [0.2, 0.25) is 5.91 Å². The lowest BCUT2D eigenvalue weighted by Crippen LogP contribution is -2.48. The van der Waals surface area contributed by atoms with Crippen molar-refractivity contribution < 1.29 is 4.79 Å². The number of hydrogen-bond donors (Lipinski definition) is 2. The van der Waals surface area contributed by atoms with E-state index < -0.39 is 0 Å². The largest absolute Gasteiger partial charge is 0.353 e. The standard InChI is InChI=1S/C14H27N3O.2ClH/c1-12-5-4-9-17(11-12)10-8-16-14(18)13-6-2-3-7-15-13;;/h12-13,15H,2-11H2,1H3,(H,16,18);2*1H/t12?,13-;;/m1../s1. The van der Waals surface area contributed by atoms with E-state index in [1.165, 1.54) is 38.8 Å². The van der Waals surface area contributed by atoms with Gasteiger partial charge < -0.3 is 15.5 Å². The van der Waals surface area contributed by atoms with Gasteiger partial charge in [-0.25, -0.2) is 0 Å². The van der Waals surface area contributed by atoms with E-state index >= 15 is 0 Å². The number of carbonyl (C=O) groups is 1. The third-order valence-corrected chi connectivity index (χ3v) is 4.10. The quantitative estimate of drug-likeness (QED) is 0.828. The van der Waals surface area contributed by atoms with Gasteiger partial charge in [0.05, 0.1) is 6.04 Å². The molecule has 20 heavy (non-hydrogen) atoms. The molecule has 2 atom stereocenters. The van der Waals surface area contributed by atoms with Crippen molar-refractivity contribution in [3.05, 3.63) is 0 Å². The van der Waals surface area contributed by atoms with Gasteiger partial charge >= 0.3 is 0 Å². The maximum absolute atomic E-state index is 11.9. The van der Waals surface area contributed by atoms with Crippen LogP contribution < -0.4 is 10.6 Å². The molecular formula is C14H29Cl2N3O. The highest BCUT2D eigenvalue weighted by molar-refractivity contribution is 5.85. The zero-order valence-electron chi connectivity index (χ0n) is 12.4. The molecule has 4 nitrogen and oxygen atoms in total. The zero-order chi connectivity index (χ0) is 12.8. The predicted octanol–water partition coefficient (Wildman–Crippen LogP) is 1.82. The van der Waals surface area contributed by atoms with E-state index in [0.29, 0.717) is 0 Å². The number of nitrogens with one attached hydrogen (secondary N) is 2. The molecule has 0 aromatic carbocycles. The average molecular weight is 326 g/mol. The summed E-state index contributed by atoms with van der Waals surface area (Å²) in [5.74, 6) is 1.01. The van der Waals surface area contributed by atoms with Gasteiger partial charge in [0.15, 0.2) is 0 Å². The van der Waals surface area contributed by atoms with Gasteiger partial charge in [-0.05, 0) is 44.7 Å². The summed E-state index contributed by atoms with van der Waals surface area (Å²) in [4.78, 5) is 14.4. The van der Waals surface area contributed by atoms with E-state index in [4.69, 9.17) is 0 Å². The summed E-state index contributed by atoms with van der Waals surface area (Å²) in [7, 11) is 0. The van der Waals surface area contributed by atoms with Crippen LogP contribution in [-0.2, 0) is 4.79 Å². The Hall–Kier alpha value is -0.0300. The minimum Gasteiger partial charge on any atom is -0.353 e. The molecule has 0 aromatic rings. The second kappa shape index (κ2) is 10.7. The number of amides is 1. The van der Waals surface area contributed by atoms with Gasteiger partial charge in [-0.15, -0.1) is 24.8 Å². The maximum atomic E-state index is 11.9. The minimum absolute atomic E-state index is 0. The van der Waals surface area contributed by atoms with Crippen molar-refractivity contribution in [1.82, 2.24) is 15.5 Å². The lowest BCUT2D eigenvalue weighted by molar-refractivity contribution is -0.123. The Morgan fingerprint density at radius 1 is 1.25 bits per heavy atom. The van der Waals surface area contributed by atoms with Gasteiger partial charge in [0.1, 0.15) is 0 Å². The van der Waals surface area contributed by atoms with Crippen LogP contribution in [0.5, 0.6) is 0 Å². The summed E-state index contributed by atoms with van der Waals surface area (Å²) in [5, 5.41) is 6.36. The van der Waals surface area contributed by atoms with Crippen LogP contribution in [0.1, 0.15) is 39.0 Å². The SMILES string of the molecule is CC1CCCN(CCNC(=O)[C@H]2CCCCN2)C1.Cl.Cl. The topological polar surface area (TPSA) is 44.4 Å². The second-order valence-corrected chi connectivity index (χ2v) is 5.84. The fourth-order valence-electron chi connectivity index (χ4n) is 3.03. The molecule has 0 radical (unpaired) electrons. The Balaban J connectivity index is 0.00000180. The zero-order valence-corrected chi connectivity index (χ0v) is 14.0. The van der Waals surface area contributed by atoms with E-state index in [1.807, 2.05) is 0 Å². The van der Waals surface area contributed by atoms with Gasteiger partial charge in [-0.1, -0.05) is 13.3 Å². The number of nitrogens with zero attached hydrogens (tertiary/aromatic N) is 1. The summed E-state index contributed by atoms with van der Waals surface area (Å²) < 4.78 is 0. The van der Waals surface area contributed by atoms with Gasteiger partial charge in [0, 0.05) is 19.6 Å². The van der Waals surface area contributed by atoms with Crippen molar-refractivity contribution in [3.8, 4) is 0 Å². The number of piperidine rings is 2. The molecular weight excluding hydrogens is 297 g/mol. The van der Waals surface area contributed by atoms with E-state index in [1.54, 1.807) is 0 Å². The maximum Gasteiger partial charge on any atom is 0.237 e. The van der Waals surface area contributed by atoms with Gasteiger partial charge in [-0.2, -0.15) is 0 Å². The third-order valence-electron chi connectivity index (χ3n) is 4.10. The first kappa shape index (κ1) is 20.0. The van der Waals surface area contributed by atoms with Crippen LogP contribution in [0.15, 0.2) is 0 Å². The first-order valence-corrected chi connectivity index (χ1v) is 7.49. The lowest BCUT2D eigenvalue weighted by Gasteiger charge is -2.31. The summed E-state index contributed by atoms with van der Waals surface area (Å²) >= 11 is 0. The molecule has 0 aliphatic carbocycles. The molecule has 6 heteroatoms. The normalized spacial score (nSPS) is 27.1. The van der Waals surface area contributed by atoms with Crippen LogP contribution in [0, 0.1) is 5.92 Å². The molecule has 2 saturated heterocycles. The molecule has 0 aromatic heterocycles. The Morgan fingerprint density at radius 3 is 2.70 bits per heavy atom. The Kier molecular flexibility index (Phi) is 10.6. The van der Waals surface area contributed by atoms with Crippen molar-refractivity contribution >= 4 is 30.7 Å². The van der Waals surface area contributed by atoms with Crippen LogP contribution in [0.4, 0.5) is 0 Å². The third kappa shape index (κ3) is 6.61. The fourth-order valence-corrected chi connectivity index (χ4v) is 3.03. The van der Waals surface area contributed by atoms with E-state index in [9.17, 15) is 4.79 Å². The number of halogens is 2. The molecule has 2 rings (SSSR count).